The van der Waals surface area contributed by atoms with E-state index in [0.29, 0.717) is 6.61 Å². The molecule has 2 atom stereocenters. The van der Waals surface area contributed by atoms with Gasteiger partial charge in [0.2, 0.25) is 5.91 Å². The molecule has 5 heteroatoms. The van der Waals surface area contributed by atoms with Crippen molar-refractivity contribution in [2.24, 2.45) is 5.41 Å². The van der Waals surface area contributed by atoms with Crippen molar-refractivity contribution in [2.45, 2.75) is 45.3 Å². The number of ether oxygens (including phenoxy) is 1. The van der Waals surface area contributed by atoms with Crippen molar-refractivity contribution >= 4 is 11.9 Å². The molecule has 3 rings (SSSR count). The van der Waals surface area contributed by atoms with Crippen LogP contribution in [0.5, 0.6) is 0 Å². The largest absolute Gasteiger partial charge is 0.479 e. The van der Waals surface area contributed by atoms with Gasteiger partial charge in [-0.1, -0.05) is 68.4 Å². The van der Waals surface area contributed by atoms with Crippen LogP contribution >= 0.6 is 0 Å². The van der Waals surface area contributed by atoms with Crippen LogP contribution in [0.15, 0.2) is 54.6 Å². The van der Waals surface area contributed by atoms with Gasteiger partial charge in [-0.15, -0.1) is 0 Å². The van der Waals surface area contributed by atoms with Crippen LogP contribution in [0.3, 0.4) is 0 Å². The summed E-state index contributed by atoms with van der Waals surface area (Å²) >= 11 is 0. The molecule has 5 nitrogen and oxygen atoms in total. The van der Waals surface area contributed by atoms with E-state index in [1.807, 2.05) is 75.4 Å². The van der Waals surface area contributed by atoms with Gasteiger partial charge in [-0.05, 0) is 23.6 Å². The number of amides is 1. The summed E-state index contributed by atoms with van der Waals surface area (Å²) in [5.74, 6) is -1.31. The lowest BCUT2D eigenvalue weighted by Crippen LogP contribution is -2.76. The van der Waals surface area contributed by atoms with Crippen molar-refractivity contribution in [3.05, 3.63) is 60.2 Å². The van der Waals surface area contributed by atoms with Gasteiger partial charge in [-0.25, -0.2) is 4.79 Å². The molecule has 1 amide bonds. The molecule has 0 saturated heterocycles. The van der Waals surface area contributed by atoms with Crippen LogP contribution in [0, 0.1) is 5.41 Å². The summed E-state index contributed by atoms with van der Waals surface area (Å²) in [5, 5.41) is 12.6. The molecular weight excluding hydrogens is 354 g/mol. The van der Waals surface area contributed by atoms with E-state index >= 15 is 0 Å². The van der Waals surface area contributed by atoms with Gasteiger partial charge in [0.05, 0.1) is 12.5 Å². The van der Waals surface area contributed by atoms with Gasteiger partial charge < -0.3 is 15.2 Å². The highest BCUT2D eigenvalue weighted by Crippen LogP contribution is 2.51. The second-order valence-electron chi connectivity index (χ2n) is 7.87. The number of hydrogen-bond donors (Lipinski definition) is 2. The van der Waals surface area contributed by atoms with E-state index in [1.54, 1.807) is 0 Å². The normalized spacial score (nSPS) is 22.9. The first-order valence-electron chi connectivity index (χ1n) is 9.60. The Bertz CT molecular complexity index is 845. The van der Waals surface area contributed by atoms with E-state index in [4.69, 9.17) is 4.74 Å². The van der Waals surface area contributed by atoms with E-state index in [0.717, 1.165) is 16.7 Å². The molecule has 0 heterocycles. The first-order chi connectivity index (χ1) is 13.3. The smallest absolute Gasteiger partial charge is 0.330 e. The van der Waals surface area contributed by atoms with Gasteiger partial charge in [0, 0.05) is 18.4 Å². The second-order valence-corrected chi connectivity index (χ2v) is 7.87. The summed E-state index contributed by atoms with van der Waals surface area (Å²) in [4.78, 5) is 24.6. The molecule has 148 valence electrons. The minimum Gasteiger partial charge on any atom is -0.479 e. The van der Waals surface area contributed by atoms with Gasteiger partial charge >= 0.3 is 5.97 Å². The van der Waals surface area contributed by atoms with Gasteiger partial charge in [0.15, 0.2) is 0 Å². The molecule has 2 aromatic rings. The minimum absolute atomic E-state index is 0.138. The number of carbonyl (C=O) groups is 2. The number of carboxylic acids is 1. The maximum Gasteiger partial charge on any atom is 0.330 e. The van der Waals surface area contributed by atoms with E-state index in [2.05, 4.69) is 5.32 Å². The summed E-state index contributed by atoms with van der Waals surface area (Å²) in [7, 11) is 0. The Hall–Kier alpha value is -2.66. The highest BCUT2D eigenvalue weighted by molar-refractivity contribution is 5.90. The van der Waals surface area contributed by atoms with E-state index < -0.39 is 16.9 Å². The fraction of sp³-hybridized carbons (Fsp3) is 0.391. The van der Waals surface area contributed by atoms with Crippen molar-refractivity contribution in [3.8, 4) is 11.1 Å². The zero-order valence-corrected chi connectivity index (χ0v) is 16.6. The van der Waals surface area contributed by atoms with Gasteiger partial charge in [-0.2, -0.15) is 0 Å². The molecule has 0 bridgehead atoms. The van der Waals surface area contributed by atoms with Crippen LogP contribution < -0.4 is 5.32 Å². The highest BCUT2D eigenvalue weighted by atomic mass is 16.5. The molecule has 2 unspecified atom stereocenters. The standard InChI is InChI=1S/C23H27NO4/c1-4-28-19-15-23(21(26)27,22(19,2)3)24-20(25)14-16-10-12-18(13-11-16)17-8-6-5-7-9-17/h5-13,19H,4,14-15H2,1-3H3,(H,24,25)(H,26,27). The van der Waals surface area contributed by atoms with Crippen molar-refractivity contribution in [3.63, 3.8) is 0 Å². The molecule has 0 spiro atoms. The van der Waals surface area contributed by atoms with Gasteiger partial charge in [-0.3, -0.25) is 4.79 Å². The van der Waals surface area contributed by atoms with Crippen molar-refractivity contribution in [1.29, 1.82) is 0 Å². The molecule has 1 aliphatic carbocycles. The topological polar surface area (TPSA) is 75.6 Å². The van der Waals surface area contributed by atoms with Crippen molar-refractivity contribution in [1.82, 2.24) is 5.32 Å². The summed E-state index contributed by atoms with van der Waals surface area (Å²) in [6.45, 7) is 6.07. The fourth-order valence-electron chi connectivity index (χ4n) is 3.95. The highest BCUT2D eigenvalue weighted by Gasteiger charge is 2.66. The Kier molecular flexibility index (Phi) is 5.57. The number of rotatable bonds is 7. The number of aliphatic carboxylic acids is 1. The van der Waals surface area contributed by atoms with Crippen LogP contribution in [0.4, 0.5) is 0 Å². The van der Waals surface area contributed by atoms with Crippen LogP contribution in [0.2, 0.25) is 0 Å². The zero-order chi connectivity index (χ0) is 20.4. The quantitative estimate of drug-likeness (QED) is 0.767. The predicted molar refractivity (Wildman–Crippen MR) is 108 cm³/mol. The number of hydrogen-bond acceptors (Lipinski definition) is 3. The lowest BCUT2D eigenvalue weighted by atomic mass is 9.54. The number of carboxylic acid groups (broad SMARTS) is 1. The molecule has 1 fully saturated rings. The van der Waals surface area contributed by atoms with Crippen molar-refractivity contribution in [2.75, 3.05) is 6.61 Å². The third-order valence-electron chi connectivity index (χ3n) is 5.91. The third-order valence-corrected chi connectivity index (χ3v) is 5.91. The van der Waals surface area contributed by atoms with E-state index in [1.165, 1.54) is 0 Å². The Morgan fingerprint density at radius 1 is 1.07 bits per heavy atom. The monoisotopic (exact) mass is 381 g/mol. The Balaban J connectivity index is 1.68. The average Bonchev–Trinajstić information content (AvgIpc) is 2.68. The fourth-order valence-corrected chi connectivity index (χ4v) is 3.95. The molecule has 2 aromatic carbocycles. The lowest BCUT2D eigenvalue weighted by molar-refractivity contribution is -0.194. The number of carbonyl (C=O) groups excluding carboxylic acids is 1. The second kappa shape index (κ2) is 7.76. The van der Waals surface area contributed by atoms with E-state index in [9.17, 15) is 14.7 Å². The Morgan fingerprint density at radius 3 is 2.21 bits per heavy atom. The van der Waals surface area contributed by atoms with Gasteiger partial charge in [0.1, 0.15) is 5.54 Å². The molecule has 0 radical (unpaired) electrons. The molecular formula is C23H27NO4. The summed E-state index contributed by atoms with van der Waals surface area (Å²) in [6.07, 6.45) is 0.237. The maximum absolute atomic E-state index is 12.6. The van der Waals surface area contributed by atoms with E-state index in [-0.39, 0.29) is 24.9 Å². The maximum atomic E-state index is 12.6. The number of benzene rings is 2. The first-order valence-corrected chi connectivity index (χ1v) is 9.60. The average molecular weight is 381 g/mol. The minimum atomic E-state index is -1.30. The Morgan fingerprint density at radius 2 is 1.68 bits per heavy atom. The SMILES string of the molecule is CCOC1CC(NC(=O)Cc2ccc(-c3ccccc3)cc2)(C(=O)O)C1(C)C. The van der Waals surface area contributed by atoms with Crippen LogP contribution in [-0.4, -0.2) is 35.2 Å². The molecule has 2 N–H and O–H groups in total. The van der Waals surface area contributed by atoms with Crippen molar-refractivity contribution < 1.29 is 19.4 Å². The van der Waals surface area contributed by atoms with Crippen LogP contribution in [-0.2, 0) is 20.7 Å². The van der Waals surface area contributed by atoms with Crippen LogP contribution in [0.1, 0.15) is 32.8 Å². The molecule has 0 aromatic heterocycles. The molecule has 0 aliphatic heterocycles. The first kappa shape index (κ1) is 20.1. The lowest BCUT2D eigenvalue weighted by Gasteiger charge is -2.58. The molecule has 28 heavy (non-hydrogen) atoms. The van der Waals surface area contributed by atoms with Crippen LogP contribution in [0.25, 0.3) is 11.1 Å². The summed E-state index contributed by atoms with van der Waals surface area (Å²) in [5.41, 5.74) is 1.06. The molecule has 1 saturated carbocycles. The predicted octanol–water partition coefficient (Wildman–Crippen LogP) is 3.67. The number of nitrogens with one attached hydrogen (secondary N) is 1. The third kappa shape index (κ3) is 3.54. The summed E-state index contributed by atoms with van der Waals surface area (Å²) in [6, 6.07) is 17.8. The zero-order valence-electron chi connectivity index (χ0n) is 16.6. The molecule has 1 aliphatic rings. The van der Waals surface area contributed by atoms with Gasteiger partial charge in [0.25, 0.3) is 0 Å². The summed E-state index contributed by atoms with van der Waals surface area (Å²) < 4.78 is 5.64. The Labute approximate surface area is 165 Å².